The Kier molecular flexibility index (Phi) is 2.76. The largest absolute Gasteiger partial charge is 0.495 e. The molecular weight excluding hydrogens is 242 g/mol. The van der Waals surface area contributed by atoms with E-state index >= 15 is 0 Å². The van der Waals surface area contributed by atoms with E-state index in [-0.39, 0.29) is 12.8 Å². The Morgan fingerprint density at radius 2 is 2.35 bits per heavy atom. The monoisotopic (exact) mass is 255 g/mol. The third kappa shape index (κ3) is 1.72. The number of nitrogens with one attached hydrogen (secondary N) is 1. The van der Waals surface area contributed by atoms with Crippen molar-refractivity contribution in [2.24, 2.45) is 0 Å². The first-order valence-corrected chi connectivity index (χ1v) is 6.08. The molecule has 5 heteroatoms. The zero-order valence-electron chi connectivity index (χ0n) is 9.59. The number of hydrogen-bond acceptors (Lipinski definition) is 4. The van der Waals surface area contributed by atoms with Crippen molar-refractivity contribution in [2.75, 3.05) is 20.4 Å². The van der Waals surface area contributed by atoms with E-state index in [1.807, 2.05) is 6.07 Å². The minimum atomic E-state index is 0.222. The molecule has 0 aromatic heterocycles. The van der Waals surface area contributed by atoms with E-state index in [4.69, 9.17) is 25.8 Å². The number of methoxy groups -OCH3 is 1. The maximum absolute atomic E-state index is 6.28. The van der Waals surface area contributed by atoms with Gasteiger partial charge < -0.3 is 19.5 Å². The zero-order chi connectivity index (χ0) is 11.8. The Balaban J connectivity index is 2.10. The van der Waals surface area contributed by atoms with Crippen molar-refractivity contribution in [3.8, 4) is 17.2 Å². The fourth-order valence-electron chi connectivity index (χ4n) is 2.42. The lowest BCUT2D eigenvalue weighted by atomic mass is 10.0. The highest BCUT2D eigenvalue weighted by Gasteiger charge is 2.28. The van der Waals surface area contributed by atoms with E-state index < -0.39 is 0 Å². The Morgan fingerprint density at radius 3 is 3.06 bits per heavy atom. The number of hydrogen-bond donors (Lipinski definition) is 1. The second-order valence-electron chi connectivity index (χ2n) is 4.20. The normalized spacial score (nSPS) is 21.9. The first kappa shape index (κ1) is 11.0. The van der Waals surface area contributed by atoms with Crippen LogP contribution in [-0.4, -0.2) is 20.4 Å². The molecule has 1 aromatic carbocycles. The van der Waals surface area contributed by atoms with Gasteiger partial charge >= 0.3 is 0 Å². The summed E-state index contributed by atoms with van der Waals surface area (Å²) in [6, 6.07) is 2.26. The lowest BCUT2D eigenvalue weighted by molar-refractivity contribution is 0.174. The minimum Gasteiger partial charge on any atom is -0.495 e. The molecule has 0 saturated carbocycles. The van der Waals surface area contributed by atoms with Gasteiger partial charge in [-0.2, -0.15) is 0 Å². The van der Waals surface area contributed by atoms with Crippen LogP contribution in [0.5, 0.6) is 17.2 Å². The predicted octanol–water partition coefficient (Wildman–Crippen LogP) is 2.50. The molecule has 0 spiro atoms. The molecule has 1 atom stereocenters. The lowest BCUT2D eigenvalue weighted by Crippen LogP contribution is -2.14. The van der Waals surface area contributed by atoms with E-state index in [1.54, 1.807) is 7.11 Å². The van der Waals surface area contributed by atoms with Crippen molar-refractivity contribution in [1.29, 1.82) is 0 Å². The average molecular weight is 256 g/mol. The molecule has 2 aliphatic rings. The predicted molar refractivity (Wildman–Crippen MR) is 64.1 cm³/mol. The molecule has 2 heterocycles. The Hall–Kier alpha value is -1.13. The van der Waals surface area contributed by atoms with Crippen LogP contribution in [0.3, 0.4) is 0 Å². The Morgan fingerprint density at radius 1 is 1.47 bits per heavy atom. The molecular formula is C12H14ClNO3. The average Bonchev–Trinajstić information content (AvgIpc) is 2.99. The highest BCUT2D eigenvalue weighted by molar-refractivity contribution is 6.34. The van der Waals surface area contributed by atoms with Crippen molar-refractivity contribution in [1.82, 2.24) is 5.32 Å². The quantitative estimate of drug-likeness (QED) is 0.882. The van der Waals surface area contributed by atoms with Gasteiger partial charge in [0.25, 0.3) is 0 Å². The molecule has 2 aliphatic heterocycles. The maximum Gasteiger partial charge on any atom is 0.231 e. The molecule has 1 aromatic rings. The topological polar surface area (TPSA) is 39.7 Å². The third-order valence-electron chi connectivity index (χ3n) is 3.23. The summed E-state index contributed by atoms with van der Waals surface area (Å²) in [5, 5.41) is 3.94. The fourth-order valence-corrected chi connectivity index (χ4v) is 2.75. The second kappa shape index (κ2) is 4.27. The molecule has 0 amide bonds. The fraction of sp³-hybridized carbons (Fsp3) is 0.500. The maximum atomic E-state index is 6.28. The Labute approximate surface area is 105 Å². The summed E-state index contributed by atoms with van der Waals surface area (Å²) >= 11 is 6.28. The molecule has 92 valence electrons. The van der Waals surface area contributed by atoms with Gasteiger partial charge in [0.05, 0.1) is 7.11 Å². The molecule has 1 saturated heterocycles. The highest BCUT2D eigenvalue weighted by Crippen LogP contribution is 2.48. The number of benzene rings is 1. The van der Waals surface area contributed by atoms with Crippen LogP contribution < -0.4 is 19.5 Å². The summed E-state index contributed by atoms with van der Waals surface area (Å²) in [6.45, 7) is 1.25. The minimum absolute atomic E-state index is 0.222. The van der Waals surface area contributed by atoms with Gasteiger partial charge in [0, 0.05) is 11.6 Å². The van der Waals surface area contributed by atoms with E-state index in [2.05, 4.69) is 5.32 Å². The summed E-state index contributed by atoms with van der Waals surface area (Å²) in [6.07, 6.45) is 2.26. The van der Waals surface area contributed by atoms with Gasteiger partial charge in [-0.25, -0.2) is 0 Å². The van der Waals surface area contributed by atoms with Crippen molar-refractivity contribution in [2.45, 2.75) is 18.9 Å². The molecule has 1 fully saturated rings. The summed E-state index contributed by atoms with van der Waals surface area (Å²) in [7, 11) is 1.63. The molecule has 1 unspecified atom stereocenters. The van der Waals surface area contributed by atoms with Crippen molar-refractivity contribution in [3.05, 3.63) is 16.7 Å². The zero-order valence-corrected chi connectivity index (χ0v) is 10.3. The molecule has 0 bridgehead atoms. The van der Waals surface area contributed by atoms with Crippen LogP contribution in [0.2, 0.25) is 5.02 Å². The van der Waals surface area contributed by atoms with Gasteiger partial charge in [-0.1, -0.05) is 11.6 Å². The van der Waals surface area contributed by atoms with Crippen molar-refractivity contribution in [3.63, 3.8) is 0 Å². The molecule has 3 rings (SSSR count). The molecule has 0 aliphatic carbocycles. The molecule has 0 radical (unpaired) electrons. The number of halogens is 1. The summed E-state index contributed by atoms with van der Waals surface area (Å²) in [5.74, 6) is 1.99. The SMILES string of the molecule is COc1c(C2CCCN2)cc2c(c1Cl)OCO2. The van der Waals surface area contributed by atoms with Crippen LogP contribution in [0.15, 0.2) is 6.07 Å². The van der Waals surface area contributed by atoms with Gasteiger partial charge in [0.1, 0.15) is 10.8 Å². The Bertz CT molecular complexity index is 444. The van der Waals surface area contributed by atoms with Crippen LogP contribution >= 0.6 is 11.6 Å². The van der Waals surface area contributed by atoms with Gasteiger partial charge in [-0.05, 0) is 25.5 Å². The van der Waals surface area contributed by atoms with Crippen LogP contribution in [0.4, 0.5) is 0 Å². The number of rotatable bonds is 2. The van der Waals surface area contributed by atoms with Gasteiger partial charge in [0.15, 0.2) is 11.5 Å². The van der Waals surface area contributed by atoms with E-state index in [9.17, 15) is 0 Å². The smallest absolute Gasteiger partial charge is 0.231 e. The van der Waals surface area contributed by atoms with Crippen LogP contribution in [-0.2, 0) is 0 Å². The van der Waals surface area contributed by atoms with Crippen LogP contribution in [0.1, 0.15) is 24.4 Å². The second-order valence-corrected chi connectivity index (χ2v) is 4.57. The lowest BCUT2D eigenvalue weighted by Gasteiger charge is -2.17. The van der Waals surface area contributed by atoms with Gasteiger partial charge in [-0.3, -0.25) is 0 Å². The van der Waals surface area contributed by atoms with Gasteiger partial charge in [-0.15, -0.1) is 0 Å². The number of fused-ring (bicyclic) bond motifs is 1. The summed E-state index contributed by atoms with van der Waals surface area (Å²) < 4.78 is 16.1. The first-order chi connectivity index (χ1) is 8.31. The summed E-state index contributed by atoms with van der Waals surface area (Å²) in [5.41, 5.74) is 1.05. The van der Waals surface area contributed by atoms with Gasteiger partial charge in [0.2, 0.25) is 6.79 Å². The standard InChI is InChI=1S/C12H14ClNO3/c1-15-11-7(8-3-2-4-14-8)5-9-12(10(11)13)17-6-16-9/h5,8,14H,2-4,6H2,1H3. The van der Waals surface area contributed by atoms with Crippen LogP contribution in [0, 0.1) is 0 Å². The van der Waals surface area contributed by atoms with E-state index in [0.717, 1.165) is 18.5 Å². The highest BCUT2D eigenvalue weighted by atomic mass is 35.5. The molecule has 4 nitrogen and oxygen atoms in total. The summed E-state index contributed by atoms with van der Waals surface area (Å²) in [4.78, 5) is 0. The molecule has 17 heavy (non-hydrogen) atoms. The van der Waals surface area contributed by atoms with Crippen molar-refractivity contribution < 1.29 is 14.2 Å². The van der Waals surface area contributed by atoms with E-state index in [0.29, 0.717) is 22.3 Å². The number of ether oxygens (including phenoxy) is 3. The van der Waals surface area contributed by atoms with E-state index in [1.165, 1.54) is 6.42 Å². The third-order valence-corrected chi connectivity index (χ3v) is 3.57. The first-order valence-electron chi connectivity index (χ1n) is 5.70. The van der Waals surface area contributed by atoms with Crippen molar-refractivity contribution >= 4 is 11.6 Å². The van der Waals surface area contributed by atoms with Crippen LogP contribution in [0.25, 0.3) is 0 Å². The molecule has 1 N–H and O–H groups in total.